The van der Waals surface area contributed by atoms with Crippen molar-refractivity contribution >= 4 is 17.5 Å². The molecule has 1 aliphatic heterocycles. The van der Waals surface area contributed by atoms with Crippen molar-refractivity contribution in [3.8, 4) is 11.5 Å². The second kappa shape index (κ2) is 8.86. The molecule has 1 saturated carbocycles. The highest BCUT2D eigenvalue weighted by molar-refractivity contribution is 5.60. The Morgan fingerprint density at radius 3 is 2.69 bits per heavy atom. The molecule has 2 atom stereocenters. The monoisotopic (exact) mass is 398 g/mol. The summed E-state index contributed by atoms with van der Waals surface area (Å²) < 4.78 is 17.0. The molecule has 2 unspecified atom stereocenters. The molecular formula is C22H30N4O3. The molecule has 1 aliphatic carbocycles. The molecule has 1 aromatic carbocycles. The van der Waals surface area contributed by atoms with Crippen LogP contribution in [0.4, 0.5) is 17.5 Å². The summed E-state index contributed by atoms with van der Waals surface area (Å²) in [6.07, 6.45) is 3.75. The van der Waals surface area contributed by atoms with Gasteiger partial charge < -0.3 is 24.8 Å². The van der Waals surface area contributed by atoms with Crippen LogP contribution in [-0.4, -0.2) is 43.9 Å². The van der Waals surface area contributed by atoms with Crippen molar-refractivity contribution in [2.24, 2.45) is 17.8 Å². The summed E-state index contributed by atoms with van der Waals surface area (Å²) >= 11 is 0. The van der Waals surface area contributed by atoms with E-state index in [2.05, 4.69) is 20.6 Å². The van der Waals surface area contributed by atoms with E-state index in [9.17, 15) is 0 Å². The first-order valence-corrected chi connectivity index (χ1v) is 10.3. The van der Waals surface area contributed by atoms with E-state index >= 15 is 0 Å². The van der Waals surface area contributed by atoms with Gasteiger partial charge in [-0.15, -0.1) is 0 Å². The first-order chi connectivity index (χ1) is 14.1. The van der Waals surface area contributed by atoms with Gasteiger partial charge in [0.2, 0.25) is 5.95 Å². The SMILES string of the molecule is CNc1cc(C)nc(Nc2ccc(OC)c(OCC3CCC(C4COC4)C3)c2)n1. The number of nitrogens with zero attached hydrogens (tertiary/aromatic N) is 2. The van der Waals surface area contributed by atoms with Gasteiger partial charge in [0.1, 0.15) is 5.82 Å². The minimum atomic E-state index is 0.548. The van der Waals surface area contributed by atoms with Gasteiger partial charge in [0, 0.05) is 36.5 Å². The van der Waals surface area contributed by atoms with E-state index in [0.717, 1.165) is 60.4 Å². The normalized spacial score (nSPS) is 21.5. The molecule has 0 bridgehead atoms. The molecule has 0 radical (unpaired) electrons. The molecule has 7 nitrogen and oxygen atoms in total. The number of benzene rings is 1. The van der Waals surface area contributed by atoms with Gasteiger partial charge in [0.25, 0.3) is 0 Å². The molecular weight excluding hydrogens is 368 g/mol. The highest BCUT2D eigenvalue weighted by Gasteiger charge is 2.34. The quantitative estimate of drug-likeness (QED) is 0.695. The van der Waals surface area contributed by atoms with Crippen molar-refractivity contribution in [3.63, 3.8) is 0 Å². The first-order valence-electron chi connectivity index (χ1n) is 10.3. The van der Waals surface area contributed by atoms with E-state index in [-0.39, 0.29) is 0 Å². The number of nitrogens with one attached hydrogen (secondary N) is 2. The summed E-state index contributed by atoms with van der Waals surface area (Å²) in [5.74, 6) is 4.96. The third-order valence-electron chi connectivity index (χ3n) is 5.92. The minimum Gasteiger partial charge on any atom is -0.493 e. The zero-order valence-electron chi connectivity index (χ0n) is 17.4. The van der Waals surface area contributed by atoms with E-state index in [4.69, 9.17) is 14.2 Å². The average Bonchev–Trinajstić information content (AvgIpc) is 3.13. The Morgan fingerprint density at radius 1 is 1.10 bits per heavy atom. The molecule has 2 heterocycles. The molecule has 2 aliphatic rings. The van der Waals surface area contributed by atoms with Crippen LogP contribution in [0.3, 0.4) is 0 Å². The van der Waals surface area contributed by atoms with E-state index in [1.54, 1.807) is 7.11 Å². The zero-order valence-corrected chi connectivity index (χ0v) is 17.4. The van der Waals surface area contributed by atoms with Crippen LogP contribution in [0.15, 0.2) is 24.3 Å². The predicted molar refractivity (Wildman–Crippen MR) is 113 cm³/mol. The second-order valence-electron chi connectivity index (χ2n) is 8.01. The largest absolute Gasteiger partial charge is 0.493 e. The van der Waals surface area contributed by atoms with Crippen LogP contribution in [0.5, 0.6) is 11.5 Å². The van der Waals surface area contributed by atoms with Crippen molar-refractivity contribution in [1.29, 1.82) is 0 Å². The van der Waals surface area contributed by atoms with Gasteiger partial charge in [-0.2, -0.15) is 4.98 Å². The minimum absolute atomic E-state index is 0.548. The molecule has 29 heavy (non-hydrogen) atoms. The average molecular weight is 399 g/mol. The van der Waals surface area contributed by atoms with Crippen LogP contribution < -0.4 is 20.1 Å². The Labute approximate surface area is 172 Å². The lowest BCUT2D eigenvalue weighted by molar-refractivity contribution is -0.0602. The van der Waals surface area contributed by atoms with Gasteiger partial charge in [0.05, 0.1) is 26.9 Å². The van der Waals surface area contributed by atoms with Crippen LogP contribution >= 0.6 is 0 Å². The summed E-state index contributed by atoms with van der Waals surface area (Å²) in [7, 11) is 3.51. The number of ether oxygens (including phenoxy) is 3. The Bertz CT molecular complexity index is 841. The lowest BCUT2D eigenvalue weighted by Gasteiger charge is -2.31. The van der Waals surface area contributed by atoms with E-state index in [1.807, 2.05) is 38.2 Å². The Morgan fingerprint density at radius 2 is 1.97 bits per heavy atom. The Balaban J connectivity index is 1.41. The zero-order chi connectivity index (χ0) is 20.2. The maximum absolute atomic E-state index is 6.19. The number of aryl methyl sites for hydroxylation is 1. The number of hydrogen-bond acceptors (Lipinski definition) is 7. The predicted octanol–water partition coefficient (Wildman–Crippen LogP) is 4.02. The highest BCUT2D eigenvalue weighted by atomic mass is 16.5. The highest BCUT2D eigenvalue weighted by Crippen LogP contribution is 2.39. The lowest BCUT2D eigenvalue weighted by atomic mass is 9.89. The van der Waals surface area contributed by atoms with Crippen LogP contribution in [0, 0.1) is 24.7 Å². The molecule has 1 aromatic heterocycles. The molecule has 7 heteroatoms. The summed E-state index contributed by atoms with van der Waals surface area (Å²) in [5, 5.41) is 6.32. The van der Waals surface area contributed by atoms with Crippen molar-refractivity contribution in [2.45, 2.75) is 26.2 Å². The first kappa shape index (κ1) is 19.8. The Kier molecular flexibility index (Phi) is 6.04. The molecule has 2 fully saturated rings. The fourth-order valence-electron chi connectivity index (χ4n) is 4.18. The van der Waals surface area contributed by atoms with Gasteiger partial charge in [-0.3, -0.25) is 0 Å². The fourth-order valence-corrected chi connectivity index (χ4v) is 4.18. The summed E-state index contributed by atoms with van der Waals surface area (Å²) in [5.41, 5.74) is 1.76. The standard InChI is InChI=1S/C22H30N4O3/c1-14-8-21(23-2)26-22(24-14)25-18-6-7-19(27-3)20(10-18)29-11-15-4-5-16(9-15)17-12-28-13-17/h6-8,10,15-17H,4-5,9,11-13H2,1-3H3,(H2,23,24,25,26). The Hall–Kier alpha value is -2.54. The topological polar surface area (TPSA) is 77.5 Å². The van der Waals surface area contributed by atoms with Gasteiger partial charge in [-0.1, -0.05) is 0 Å². The molecule has 0 amide bonds. The third kappa shape index (κ3) is 4.72. The number of hydrogen-bond donors (Lipinski definition) is 2. The molecule has 4 rings (SSSR count). The molecule has 0 spiro atoms. The van der Waals surface area contributed by atoms with Crippen LogP contribution in [0.25, 0.3) is 0 Å². The van der Waals surface area contributed by atoms with Gasteiger partial charge in [0.15, 0.2) is 11.5 Å². The van der Waals surface area contributed by atoms with Crippen molar-refractivity contribution in [2.75, 3.05) is 44.6 Å². The van der Waals surface area contributed by atoms with Gasteiger partial charge in [-0.05, 0) is 50.2 Å². The molecule has 1 saturated heterocycles. The molecule has 2 N–H and O–H groups in total. The van der Waals surface area contributed by atoms with Crippen molar-refractivity contribution < 1.29 is 14.2 Å². The number of anilines is 3. The van der Waals surface area contributed by atoms with Crippen LogP contribution in [-0.2, 0) is 4.74 Å². The summed E-state index contributed by atoms with van der Waals surface area (Å²) in [6, 6.07) is 7.71. The third-order valence-corrected chi connectivity index (χ3v) is 5.92. The van der Waals surface area contributed by atoms with Gasteiger partial charge >= 0.3 is 0 Å². The van der Waals surface area contributed by atoms with Crippen LogP contribution in [0.1, 0.15) is 25.0 Å². The fraction of sp³-hybridized carbons (Fsp3) is 0.545. The maximum atomic E-state index is 6.19. The maximum Gasteiger partial charge on any atom is 0.229 e. The summed E-state index contributed by atoms with van der Waals surface area (Å²) in [6.45, 7) is 4.54. The van der Waals surface area contributed by atoms with Crippen molar-refractivity contribution in [3.05, 3.63) is 30.0 Å². The van der Waals surface area contributed by atoms with E-state index in [1.165, 1.54) is 19.3 Å². The second-order valence-corrected chi connectivity index (χ2v) is 8.01. The lowest BCUT2D eigenvalue weighted by Crippen LogP contribution is -2.33. The number of aromatic nitrogens is 2. The van der Waals surface area contributed by atoms with Crippen LogP contribution in [0.2, 0.25) is 0 Å². The summed E-state index contributed by atoms with van der Waals surface area (Å²) in [4.78, 5) is 8.90. The number of rotatable bonds is 8. The number of methoxy groups -OCH3 is 1. The molecule has 2 aromatic rings. The van der Waals surface area contributed by atoms with E-state index in [0.29, 0.717) is 11.9 Å². The van der Waals surface area contributed by atoms with Crippen molar-refractivity contribution in [1.82, 2.24) is 9.97 Å². The molecule has 156 valence electrons. The van der Waals surface area contributed by atoms with E-state index < -0.39 is 0 Å². The smallest absolute Gasteiger partial charge is 0.229 e. The van der Waals surface area contributed by atoms with Gasteiger partial charge in [-0.25, -0.2) is 4.98 Å².